The maximum absolute atomic E-state index is 12.8. The lowest BCUT2D eigenvalue weighted by Gasteiger charge is -2.15. The highest BCUT2D eigenvalue weighted by Crippen LogP contribution is 2.13. The van der Waals surface area contributed by atoms with E-state index in [9.17, 15) is 18.8 Å². The summed E-state index contributed by atoms with van der Waals surface area (Å²) in [5.41, 5.74) is 0. The Hall–Kier alpha value is -2.64. The fraction of sp³-hybridized carbons (Fsp3) is 0.438. The smallest absolute Gasteiger partial charge is 0.346 e. The van der Waals surface area contributed by atoms with E-state index in [0.29, 0.717) is 13.0 Å². The summed E-state index contributed by atoms with van der Waals surface area (Å²) in [5, 5.41) is 14.2. The number of halogens is 1. The van der Waals surface area contributed by atoms with Gasteiger partial charge in [-0.15, -0.1) is 0 Å². The number of nitrogens with one attached hydrogen (secondary N) is 2. The second-order valence-electron chi connectivity index (χ2n) is 5.01. The average molecular weight is 340 g/mol. The molecule has 1 atom stereocenters. The molecule has 1 rings (SSSR count). The maximum atomic E-state index is 12.8. The lowest BCUT2D eigenvalue weighted by atomic mass is 10.2. The molecule has 8 heteroatoms. The summed E-state index contributed by atoms with van der Waals surface area (Å²) < 4.78 is 18.0. The Labute approximate surface area is 139 Å². The minimum Gasteiger partial charge on any atom is -0.478 e. The van der Waals surface area contributed by atoms with Crippen LogP contribution in [0.2, 0.25) is 0 Å². The fourth-order valence-electron chi connectivity index (χ4n) is 1.85. The number of carbonyl (C=O) groups excluding carboxylic acids is 2. The lowest BCUT2D eigenvalue weighted by Crippen LogP contribution is -2.40. The van der Waals surface area contributed by atoms with E-state index in [2.05, 4.69) is 10.6 Å². The van der Waals surface area contributed by atoms with E-state index < -0.39 is 17.9 Å². The zero-order chi connectivity index (χ0) is 17.9. The van der Waals surface area contributed by atoms with Crippen LogP contribution in [0, 0.1) is 5.82 Å². The second kappa shape index (κ2) is 10.2. The molecule has 132 valence electrons. The van der Waals surface area contributed by atoms with Gasteiger partial charge in [-0.1, -0.05) is 0 Å². The van der Waals surface area contributed by atoms with E-state index in [1.54, 1.807) is 6.92 Å². The van der Waals surface area contributed by atoms with Gasteiger partial charge in [0.1, 0.15) is 11.6 Å². The van der Waals surface area contributed by atoms with Gasteiger partial charge in [0.2, 0.25) is 17.9 Å². The number of hydrogen-bond donors (Lipinski definition) is 3. The predicted octanol–water partition coefficient (Wildman–Crippen LogP) is 1.08. The molecule has 3 N–H and O–H groups in total. The van der Waals surface area contributed by atoms with Crippen molar-refractivity contribution in [3.63, 3.8) is 0 Å². The molecule has 24 heavy (non-hydrogen) atoms. The number of ether oxygens (including phenoxy) is 1. The third kappa shape index (κ3) is 7.57. The summed E-state index contributed by atoms with van der Waals surface area (Å²) in [4.78, 5) is 34.1. The third-order valence-electron chi connectivity index (χ3n) is 3.03. The molecular formula is C16H21FN2O5. The second-order valence-corrected chi connectivity index (χ2v) is 5.01. The first-order valence-electron chi connectivity index (χ1n) is 7.60. The van der Waals surface area contributed by atoms with Crippen LogP contribution in [0.4, 0.5) is 4.39 Å². The third-order valence-corrected chi connectivity index (χ3v) is 3.03. The van der Waals surface area contributed by atoms with Gasteiger partial charge in [-0.3, -0.25) is 9.59 Å². The summed E-state index contributed by atoms with van der Waals surface area (Å²) in [6.45, 7) is 2.11. The van der Waals surface area contributed by atoms with Crippen molar-refractivity contribution in [3.05, 3.63) is 30.1 Å². The van der Waals surface area contributed by atoms with E-state index >= 15 is 0 Å². The number of amides is 2. The molecule has 1 aromatic rings. The van der Waals surface area contributed by atoms with Crippen LogP contribution in [-0.4, -0.2) is 42.1 Å². The van der Waals surface area contributed by atoms with Crippen molar-refractivity contribution >= 4 is 17.8 Å². The first-order chi connectivity index (χ1) is 11.4. The van der Waals surface area contributed by atoms with Gasteiger partial charge in [-0.05, 0) is 37.6 Å². The largest absolute Gasteiger partial charge is 0.478 e. The van der Waals surface area contributed by atoms with Gasteiger partial charge in [-0.2, -0.15) is 0 Å². The molecule has 0 fully saturated rings. The van der Waals surface area contributed by atoms with Crippen molar-refractivity contribution in [2.75, 3.05) is 13.1 Å². The maximum Gasteiger partial charge on any atom is 0.346 e. The number of carbonyl (C=O) groups is 3. The Morgan fingerprint density at radius 3 is 2.25 bits per heavy atom. The lowest BCUT2D eigenvalue weighted by molar-refractivity contribution is -0.145. The molecule has 0 aliphatic rings. The molecule has 1 aromatic carbocycles. The SMILES string of the molecule is CCNC(=O)CCCC(=O)NCC(Oc1ccc(F)cc1)C(=O)O. The van der Waals surface area contributed by atoms with E-state index in [1.165, 1.54) is 12.1 Å². The van der Waals surface area contributed by atoms with E-state index in [0.717, 1.165) is 12.1 Å². The minimum atomic E-state index is -1.29. The number of carboxylic acid groups (broad SMARTS) is 1. The Kier molecular flexibility index (Phi) is 8.24. The molecule has 0 aliphatic heterocycles. The molecule has 0 spiro atoms. The van der Waals surface area contributed by atoms with Crippen LogP contribution in [0.25, 0.3) is 0 Å². The summed E-state index contributed by atoms with van der Waals surface area (Å²) >= 11 is 0. The van der Waals surface area contributed by atoms with Crippen molar-refractivity contribution in [2.24, 2.45) is 0 Å². The van der Waals surface area contributed by atoms with Crippen LogP contribution in [0.15, 0.2) is 24.3 Å². The van der Waals surface area contributed by atoms with Crippen molar-refractivity contribution in [1.82, 2.24) is 10.6 Å². The first kappa shape index (κ1) is 19.4. The predicted molar refractivity (Wildman–Crippen MR) is 84.0 cm³/mol. The summed E-state index contributed by atoms with van der Waals surface area (Å²) in [7, 11) is 0. The van der Waals surface area contributed by atoms with Gasteiger partial charge >= 0.3 is 5.97 Å². The summed E-state index contributed by atoms with van der Waals surface area (Å²) in [6.07, 6.45) is -0.577. The molecule has 0 radical (unpaired) electrons. The van der Waals surface area contributed by atoms with Crippen molar-refractivity contribution in [3.8, 4) is 5.75 Å². The quantitative estimate of drug-likeness (QED) is 0.591. The fourth-order valence-corrected chi connectivity index (χ4v) is 1.85. The number of hydrogen-bond acceptors (Lipinski definition) is 4. The number of aliphatic carboxylic acids is 1. The number of benzene rings is 1. The Morgan fingerprint density at radius 1 is 1.12 bits per heavy atom. The highest BCUT2D eigenvalue weighted by atomic mass is 19.1. The number of rotatable bonds is 10. The molecule has 7 nitrogen and oxygen atoms in total. The molecule has 0 aliphatic carbocycles. The van der Waals surface area contributed by atoms with Crippen LogP contribution in [-0.2, 0) is 14.4 Å². The van der Waals surface area contributed by atoms with E-state index in [4.69, 9.17) is 9.84 Å². The van der Waals surface area contributed by atoms with Gasteiger partial charge in [0, 0.05) is 19.4 Å². The van der Waals surface area contributed by atoms with Gasteiger partial charge in [0.05, 0.1) is 6.54 Å². The molecule has 0 saturated heterocycles. The molecular weight excluding hydrogens is 319 g/mol. The van der Waals surface area contributed by atoms with Gasteiger partial charge < -0.3 is 20.5 Å². The van der Waals surface area contributed by atoms with Crippen LogP contribution < -0.4 is 15.4 Å². The molecule has 0 bridgehead atoms. The van der Waals surface area contributed by atoms with E-state index in [-0.39, 0.29) is 37.0 Å². The van der Waals surface area contributed by atoms with Crippen LogP contribution >= 0.6 is 0 Å². The minimum absolute atomic E-state index is 0.111. The topological polar surface area (TPSA) is 105 Å². The normalized spacial score (nSPS) is 11.4. The zero-order valence-electron chi connectivity index (χ0n) is 13.4. The van der Waals surface area contributed by atoms with Gasteiger partial charge in [0.25, 0.3) is 0 Å². The van der Waals surface area contributed by atoms with Crippen LogP contribution in [0.3, 0.4) is 0 Å². The Morgan fingerprint density at radius 2 is 1.71 bits per heavy atom. The molecule has 1 unspecified atom stereocenters. The monoisotopic (exact) mass is 340 g/mol. The highest BCUT2D eigenvalue weighted by molar-refractivity contribution is 5.79. The molecule has 0 saturated carbocycles. The van der Waals surface area contributed by atoms with Crippen molar-refractivity contribution in [2.45, 2.75) is 32.3 Å². The Balaban J connectivity index is 2.37. The molecule has 0 heterocycles. The summed E-state index contributed by atoms with van der Waals surface area (Å²) in [6, 6.07) is 4.90. The average Bonchev–Trinajstić information content (AvgIpc) is 2.53. The Bertz CT molecular complexity index is 562. The number of carboxylic acids is 1. The van der Waals surface area contributed by atoms with Gasteiger partial charge in [-0.25, -0.2) is 9.18 Å². The van der Waals surface area contributed by atoms with Crippen molar-refractivity contribution < 1.29 is 28.6 Å². The molecule has 0 aromatic heterocycles. The highest BCUT2D eigenvalue weighted by Gasteiger charge is 2.20. The summed E-state index contributed by atoms with van der Waals surface area (Å²) in [5.74, 6) is -2.02. The molecule has 2 amide bonds. The standard InChI is InChI=1S/C16H21FN2O5/c1-2-18-14(20)4-3-5-15(21)19-10-13(16(22)23)24-12-8-6-11(17)7-9-12/h6-9,13H,2-5,10H2,1H3,(H,18,20)(H,19,21)(H,22,23). The van der Waals surface area contributed by atoms with E-state index in [1.807, 2.05) is 0 Å². The van der Waals surface area contributed by atoms with Crippen molar-refractivity contribution in [1.29, 1.82) is 0 Å². The van der Waals surface area contributed by atoms with Gasteiger partial charge in [0.15, 0.2) is 0 Å². The van der Waals surface area contributed by atoms with Crippen LogP contribution in [0.1, 0.15) is 26.2 Å². The first-order valence-corrected chi connectivity index (χ1v) is 7.60. The zero-order valence-corrected chi connectivity index (χ0v) is 13.4. The van der Waals surface area contributed by atoms with Crippen LogP contribution in [0.5, 0.6) is 5.75 Å².